The average molecular weight is 448 g/mol. The Kier molecular flexibility index (Phi) is 6.49. The number of halogens is 4. The van der Waals surface area contributed by atoms with Crippen LogP contribution in [-0.2, 0) is 6.42 Å². The lowest BCUT2D eigenvalue weighted by molar-refractivity contribution is 0.0942. The molecule has 6 nitrogen and oxygen atoms in total. The highest BCUT2D eigenvalue weighted by molar-refractivity contribution is 7.18. The molecule has 28 heavy (non-hydrogen) atoms. The molecule has 1 aromatic carbocycles. The van der Waals surface area contributed by atoms with Gasteiger partial charge in [0.15, 0.2) is 5.50 Å². The lowest BCUT2D eigenvalue weighted by atomic mass is 10.1. The van der Waals surface area contributed by atoms with Crippen LogP contribution in [0.25, 0.3) is 0 Å². The molecular weight excluding hydrogens is 431 g/mol. The lowest BCUT2D eigenvalue weighted by Gasteiger charge is -2.18. The summed E-state index contributed by atoms with van der Waals surface area (Å²) >= 11 is 13.6. The molecule has 0 aliphatic carbocycles. The van der Waals surface area contributed by atoms with Crippen LogP contribution in [0.3, 0.4) is 0 Å². The van der Waals surface area contributed by atoms with Gasteiger partial charge >= 0.3 is 0 Å². The van der Waals surface area contributed by atoms with Gasteiger partial charge in [0.05, 0.1) is 9.21 Å². The van der Waals surface area contributed by atoms with Gasteiger partial charge in [0.25, 0.3) is 5.91 Å². The third kappa shape index (κ3) is 4.60. The van der Waals surface area contributed by atoms with Gasteiger partial charge in [-0.15, -0.1) is 16.5 Å². The van der Waals surface area contributed by atoms with Crippen molar-refractivity contribution in [2.75, 3.05) is 13.6 Å². The Morgan fingerprint density at radius 3 is 2.61 bits per heavy atom. The number of carbonyl (C=O) groups excluding carboxylic acids is 1. The fourth-order valence-electron chi connectivity index (χ4n) is 2.94. The number of likely N-dealkylation sites (N-methyl/N-ethyl adjacent to an activating group) is 1. The molecular formula is C17H17Cl2F2N5OS. The molecule has 11 heteroatoms. The topological polar surface area (TPSA) is 83.1 Å². The zero-order valence-electron chi connectivity index (χ0n) is 14.7. The first-order valence-corrected chi connectivity index (χ1v) is 9.94. The van der Waals surface area contributed by atoms with Crippen molar-refractivity contribution in [1.82, 2.24) is 10.3 Å². The molecule has 2 heterocycles. The molecule has 0 radical (unpaired) electrons. The van der Waals surface area contributed by atoms with Gasteiger partial charge < -0.3 is 11.1 Å². The van der Waals surface area contributed by atoms with E-state index in [2.05, 4.69) is 15.7 Å². The van der Waals surface area contributed by atoms with Gasteiger partial charge in [-0.05, 0) is 30.2 Å². The minimum atomic E-state index is -0.682. The first-order chi connectivity index (χ1) is 13.3. The van der Waals surface area contributed by atoms with E-state index in [1.807, 2.05) is 0 Å². The summed E-state index contributed by atoms with van der Waals surface area (Å²) in [5, 5.41) is 12.1. The zero-order valence-corrected chi connectivity index (χ0v) is 17.0. The highest BCUT2D eigenvalue weighted by Gasteiger charge is 2.33. The molecule has 3 atom stereocenters. The second-order valence-electron chi connectivity index (χ2n) is 6.32. The Bertz CT molecular complexity index is 877. The number of benzene rings is 1. The van der Waals surface area contributed by atoms with Crippen LogP contribution in [0.2, 0.25) is 4.34 Å². The molecule has 0 fully saturated rings. The smallest absolute Gasteiger partial charge is 0.261 e. The predicted octanol–water partition coefficient (Wildman–Crippen LogP) is 3.90. The van der Waals surface area contributed by atoms with Crippen LogP contribution < -0.4 is 11.1 Å². The Morgan fingerprint density at radius 1 is 1.36 bits per heavy atom. The number of nitrogens with zero attached hydrogens (tertiary/aromatic N) is 3. The summed E-state index contributed by atoms with van der Waals surface area (Å²) < 4.78 is 27.1. The van der Waals surface area contributed by atoms with Crippen LogP contribution in [0.15, 0.2) is 34.6 Å². The number of carbonyl (C=O) groups is 1. The SMILES string of the molecule is CN1N=NC(Cl)C1c1cc(C(=O)N[C@H](CN)Cc2cc(F)cc(F)c2)sc1Cl. The van der Waals surface area contributed by atoms with Crippen molar-refractivity contribution in [2.45, 2.75) is 24.0 Å². The van der Waals surface area contributed by atoms with E-state index in [0.717, 1.165) is 17.4 Å². The van der Waals surface area contributed by atoms with E-state index >= 15 is 0 Å². The van der Waals surface area contributed by atoms with E-state index in [0.29, 0.717) is 20.3 Å². The van der Waals surface area contributed by atoms with Crippen molar-refractivity contribution >= 4 is 40.4 Å². The lowest BCUT2D eigenvalue weighted by Crippen LogP contribution is -2.41. The van der Waals surface area contributed by atoms with Crippen LogP contribution in [-0.4, -0.2) is 36.1 Å². The third-order valence-electron chi connectivity index (χ3n) is 4.25. The minimum Gasteiger partial charge on any atom is -0.347 e. The summed E-state index contributed by atoms with van der Waals surface area (Å²) in [6, 6.07) is 3.98. The molecule has 0 bridgehead atoms. The molecule has 0 saturated heterocycles. The molecule has 1 aliphatic rings. The number of hydrogen-bond donors (Lipinski definition) is 2. The van der Waals surface area contributed by atoms with Gasteiger partial charge in [-0.25, -0.2) is 8.78 Å². The number of nitrogens with one attached hydrogen (secondary N) is 1. The molecule has 2 unspecified atom stereocenters. The Morgan fingerprint density at radius 2 is 2.04 bits per heavy atom. The maximum Gasteiger partial charge on any atom is 0.261 e. The number of amides is 1. The maximum absolute atomic E-state index is 13.4. The maximum atomic E-state index is 13.4. The van der Waals surface area contributed by atoms with Crippen LogP contribution >= 0.6 is 34.5 Å². The summed E-state index contributed by atoms with van der Waals surface area (Å²) in [5.74, 6) is -1.75. The number of thiophene rings is 1. The molecule has 0 saturated carbocycles. The molecule has 150 valence electrons. The van der Waals surface area contributed by atoms with Crippen molar-refractivity contribution in [2.24, 2.45) is 16.1 Å². The summed E-state index contributed by atoms with van der Waals surface area (Å²) in [4.78, 5) is 13.0. The van der Waals surface area contributed by atoms with E-state index in [4.69, 9.17) is 28.9 Å². The van der Waals surface area contributed by atoms with E-state index in [9.17, 15) is 13.6 Å². The number of rotatable bonds is 6. The number of hydrogen-bond acceptors (Lipinski definition) is 6. The van der Waals surface area contributed by atoms with Crippen molar-refractivity contribution in [1.29, 1.82) is 0 Å². The van der Waals surface area contributed by atoms with E-state index < -0.39 is 23.2 Å². The molecule has 1 amide bonds. The Labute approximate surface area is 174 Å². The summed E-state index contributed by atoms with van der Waals surface area (Å²) in [5.41, 5.74) is 6.17. The van der Waals surface area contributed by atoms with Gasteiger partial charge in [0, 0.05) is 31.3 Å². The Hall–Kier alpha value is -1.81. The van der Waals surface area contributed by atoms with E-state index in [1.165, 1.54) is 12.1 Å². The minimum absolute atomic E-state index is 0.0999. The molecule has 2 aromatic rings. The first kappa shape index (κ1) is 20.9. The highest BCUT2D eigenvalue weighted by Crippen LogP contribution is 2.40. The largest absolute Gasteiger partial charge is 0.347 e. The normalized spacial score (nSPS) is 19.9. The fraction of sp³-hybridized carbons (Fsp3) is 0.353. The molecule has 1 aliphatic heterocycles. The third-order valence-corrected chi connectivity index (χ3v) is 5.96. The number of nitrogens with two attached hydrogens (primary N) is 1. The fourth-order valence-corrected chi connectivity index (χ4v) is 4.52. The highest BCUT2D eigenvalue weighted by atomic mass is 35.5. The van der Waals surface area contributed by atoms with Gasteiger partial charge in [-0.3, -0.25) is 9.80 Å². The first-order valence-electron chi connectivity index (χ1n) is 8.31. The van der Waals surface area contributed by atoms with Crippen molar-refractivity contribution in [3.05, 3.63) is 56.2 Å². The van der Waals surface area contributed by atoms with E-state index in [-0.39, 0.29) is 24.9 Å². The number of alkyl halides is 1. The average Bonchev–Trinajstić information content (AvgIpc) is 3.15. The summed E-state index contributed by atoms with van der Waals surface area (Å²) in [6.07, 6.45) is 0.190. The van der Waals surface area contributed by atoms with E-state index in [1.54, 1.807) is 18.1 Å². The predicted molar refractivity (Wildman–Crippen MR) is 105 cm³/mol. The second-order valence-corrected chi connectivity index (χ2v) is 8.43. The van der Waals surface area contributed by atoms with Gasteiger partial charge in [-0.1, -0.05) is 28.4 Å². The van der Waals surface area contributed by atoms with Crippen LogP contribution in [0.4, 0.5) is 8.78 Å². The summed E-state index contributed by atoms with van der Waals surface area (Å²) in [6.45, 7) is 0.0999. The standard InChI is InChI=1S/C17H17Cl2F2N5OS/c1-26-14(15(18)24-25-26)12-6-13(28-16(12)19)17(27)23-11(7-22)4-8-2-9(20)5-10(21)3-8/h2-3,5-6,11,14-15H,4,7,22H2,1H3,(H,23,27)/t11-,14?,15?/m0/s1. The van der Waals surface area contributed by atoms with Crippen LogP contribution in [0.5, 0.6) is 0 Å². The molecule has 0 spiro atoms. The summed E-state index contributed by atoms with van der Waals surface area (Å²) in [7, 11) is 1.72. The molecule has 3 N–H and O–H groups in total. The van der Waals surface area contributed by atoms with Crippen molar-refractivity contribution < 1.29 is 13.6 Å². The van der Waals surface area contributed by atoms with Gasteiger partial charge in [-0.2, -0.15) is 0 Å². The monoisotopic (exact) mass is 447 g/mol. The zero-order chi connectivity index (χ0) is 20.4. The molecule has 1 aromatic heterocycles. The van der Waals surface area contributed by atoms with Crippen LogP contribution in [0, 0.1) is 11.6 Å². The Balaban J connectivity index is 1.72. The second kappa shape index (κ2) is 8.69. The van der Waals surface area contributed by atoms with Crippen LogP contribution in [0.1, 0.15) is 26.8 Å². The van der Waals surface area contributed by atoms with Gasteiger partial charge in [0.2, 0.25) is 0 Å². The van der Waals surface area contributed by atoms with Crippen molar-refractivity contribution in [3.8, 4) is 0 Å². The van der Waals surface area contributed by atoms with Crippen molar-refractivity contribution in [3.63, 3.8) is 0 Å². The quantitative estimate of drug-likeness (QED) is 0.520. The van der Waals surface area contributed by atoms with Gasteiger partial charge in [0.1, 0.15) is 17.7 Å². The molecule has 3 rings (SSSR count).